The van der Waals surface area contributed by atoms with Crippen LogP contribution < -0.4 is 5.32 Å². The lowest BCUT2D eigenvalue weighted by atomic mass is 10.00. The number of benzene rings is 1. The van der Waals surface area contributed by atoms with Crippen LogP contribution in [0.5, 0.6) is 0 Å². The Morgan fingerprint density at radius 1 is 1.30 bits per heavy atom. The molecule has 106 valence electrons. The third kappa shape index (κ3) is 2.65. The molecule has 0 radical (unpaired) electrons. The summed E-state index contributed by atoms with van der Waals surface area (Å²) in [6.45, 7) is 6.17. The van der Waals surface area contributed by atoms with Gasteiger partial charge in [-0.3, -0.25) is 0 Å². The average Bonchev–Trinajstić information content (AvgIpc) is 2.95. The molecule has 0 amide bonds. The van der Waals surface area contributed by atoms with Gasteiger partial charge in [-0.1, -0.05) is 21.1 Å². The summed E-state index contributed by atoms with van der Waals surface area (Å²) in [6, 6.07) is 4.18. The zero-order valence-electron chi connectivity index (χ0n) is 11.7. The molecule has 0 saturated carbocycles. The van der Waals surface area contributed by atoms with Gasteiger partial charge in [0.1, 0.15) is 0 Å². The molecule has 0 bridgehead atoms. The third-order valence-electron chi connectivity index (χ3n) is 3.78. The van der Waals surface area contributed by atoms with Crippen LogP contribution in [-0.4, -0.2) is 23.2 Å². The molecule has 1 fully saturated rings. The van der Waals surface area contributed by atoms with Gasteiger partial charge in [0.15, 0.2) is 0 Å². The molecule has 1 aromatic heterocycles. The molecule has 1 aliphatic rings. The van der Waals surface area contributed by atoms with E-state index < -0.39 is 0 Å². The average molecular weight is 336 g/mol. The molecule has 1 aromatic carbocycles. The molecular weight excluding hydrogens is 318 g/mol. The highest BCUT2D eigenvalue weighted by Gasteiger charge is 2.22. The molecule has 2 aromatic rings. The number of aromatic nitrogens is 2. The number of rotatable bonds is 2. The molecule has 0 aliphatic carbocycles. The summed E-state index contributed by atoms with van der Waals surface area (Å²) < 4.78 is 6.60. The summed E-state index contributed by atoms with van der Waals surface area (Å²) in [7, 11) is 0. The monoisotopic (exact) mass is 335 g/mol. The Labute approximate surface area is 127 Å². The summed E-state index contributed by atoms with van der Waals surface area (Å²) in [5, 5.41) is 7.52. The van der Waals surface area contributed by atoms with Crippen LogP contribution in [0.3, 0.4) is 0 Å². The lowest BCUT2D eigenvalue weighted by Gasteiger charge is -2.18. The largest absolute Gasteiger partial charge is 0.339 e. The van der Waals surface area contributed by atoms with Gasteiger partial charge in [0, 0.05) is 16.6 Å². The number of nitrogens with zero attached hydrogens (tertiary/aromatic N) is 2. The van der Waals surface area contributed by atoms with Gasteiger partial charge in [0.05, 0.1) is 5.92 Å². The minimum absolute atomic E-state index is 0.350. The Morgan fingerprint density at radius 2 is 2.05 bits per heavy atom. The topological polar surface area (TPSA) is 51.0 Å². The normalized spacial score (nSPS) is 19.2. The van der Waals surface area contributed by atoms with Crippen molar-refractivity contribution >= 4 is 15.9 Å². The minimum Gasteiger partial charge on any atom is -0.339 e. The Balaban J connectivity index is 1.89. The van der Waals surface area contributed by atoms with Gasteiger partial charge in [-0.05, 0) is 56.5 Å². The fourth-order valence-electron chi connectivity index (χ4n) is 2.66. The van der Waals surface area contributed by atoms with Crippen molar-refractivity contribution in [1.29, 1.82) is 0 Å². The number of nitrogens with one attached hydrogen (secondary N) is 1. The maximum absolute atomic E-state index is 5.46. The van der Waals surface area contributed by atoms with Crippen LogP contribution in [0.1, 0.15) is 35.8 Å². The summed E-state index contributed by atoms with van der Waals surface area (Å²) in [4.78, 5) is 4.58. The van der Waals surface area contributed by atoms with Crippen molar-refractivity contribution in [3.05, 3.63) is 33.6 Å². The Hall–Kier alpha value is -1.20. The fourth-order valence-corrected chi connectivity index (χ4v) is 2.88. The molecule has 1 aliphatic heterocycles. The van der Waals surface area contributed by atoms with Gasteiger partial charge in [-0.15, -0.1) is 0 Å². The number of hydrogen-bond acceptors (Lipinski definition) is 4. The maximum atomic E-state index is 5.46. The maximum Gasteiger partial charge on any atom is 0.231 e. The summed E-state index contributed by atoms with van der Waals surface area (Å²) in [6.07, 6.45) is 2.28. The van der Waals surface area contributed by atoms with E-state index in [4.69, 9.17) is 4.52 Å². The first-order valence-corrected chi connectivity index (χ1v) is 7.76. The minimum atomic E-state index is 0.350. The van der Waals surface area contributed by atoms with Crippen LogP contribution in [0, 0.1) is 13.8 Å². The standard InChI is InChI=1S/C15H18BrN3O/c1-9-6-12(7-10(2)13(9)16)14-18-15(20-19-14)11-4-3-5-17-8-11/h6-7,11,17H,3-5,8H2,1-2H3/t11-/m0/s1. The first kappa shape index (κ1) is 13.8. The Kier molecular flexibility index (Phi) is 3.89. The highest BCUT2D eigenvalue weighted by Crippen LogP contribution is 2.29. The van der Waals surface area contributed by atoms with E-state index in [2.05, 4.69) is 57.4 Å². The number of piperidine rings is 1. The Morgan fingerprint density at radius 3 is 2.70 bits per heavy atom. The summed E-state index contributed by atoms with van der Waals surface area (Å²) in [5.41, 5.74) is 3.39. The van der Waals surface area contributed by atoms with E-state index >= 15 is 0 Å². The number of hydrogen-bond donors (Lipinski definition) is 1. The molecule has 1 saturated heterocycles. The van der Waals surface area contributed by atoms with Gasteiger partial charge >= 0.3 is 0 Å². The first-order chi connectivity index (χ1) is 9.65. The van der Waals surface area contributed by atoms with E-state index in [0.29, 0.717) is 11.7 Å². The van der Waals surface area contributed by atoms with Crippen molar-refractivity contribution in [2.75, 3.05) is 13.1 Å². The third-order valence-corrected chi connectivity index (χ3v) is 5.03. The second kappa shape index (κ2) is 5.66. The predicted molar refractivity (Wildman–Crippen MR) is 81.8 cm³/mol. The van der Waals surface area contributed by atoms with E-state index in [-0.39, 0.29) is 0 Å². The molecule has 1 N–H and O–H groups in total. The van der Waals surface area contributed by atoms with Crippen LogP contribution in [0.4, 0.5) is 0 Å². The highest BCUT2D eigenvalue weighted by molar-refractivity contribution is 9.10. The number of halogens is 1. The second-order valence-corrected chi connectivity index (χ2v) is 6.22. The van der Waals surface area contributed by atoms with Crippen LogP contribution in [-0.2, 0) is 0 Å². The van der Waals surface area contributed by atoms with Crippen LogP contribution in [0.25, 0.3) is 11.4 Å². The zero-order chi connectivity index (χ0) is 14.1. The van der Waals surface area contributed by atoms with Gasteiger partial charge < -0.3 is 9.84 Å². The lowest BCUT2D eigenvalue weighted by molar-refractivity contribution is 0.322. The molecule has 0 spiro atoms. The van der Waals surface area contributed by atoms with Crippen molar-refractivity contribution in [1.82, 2.24) is 15.5 Å². The van der Waals surface area contributed by atoms with Crippen LogP contribution >= 0.6 is 15.9 Å². The van der Waals surface area contributed by atoms with E-state index in [1.807, 2.05) is 0 Å². The van der Waals surface area contributed by atoms with Crippen molar-refractivity contribution in [2.24, 2.45) is 0 Å². The predicted octanol–water partition coefficient (Wildman–Crippen LogP) is 3.58. The Bertz CT molecular complexity index is 594. The van der Waals surface area contributed by atoms with Gasteiger partial charge in [0.25, 0.3) is 0 Å². The zero-order valence-corrected chi connectivity index (χ0v) is 13.3. The summed E-state index contributed by atoms with van der Waals surface area (Å²) in [5.74, 6) is 1.79. The fraction of sp³-hybridized carbons (Fsp3) is 0.467. The van der Waals surface area contributed by atoms with E-state index in [9.17, 15) is 0 Å². The van der Waals surface area contributed by atoms with Gasteiger partial charge in [-0.25, -0.2) is 0 Å². The molecule has 0 unspecified atom stereocenters. The second-order valence-electron chi connectivity index (χ2n) is 5.42. The van der Waals surface area contributed by atoms with Crippen molar-refractivity contribution in [2.45, 2.75) is 32.6 Å². The molecule has 1 atom stereocenters. The van der Waals surface area contributed by atoms with Crippen molar-refractivity contribution in [3.8, 4) is 11.4 Å². The SMILES string of the molecule is Cc1cc(-c2noc([C@H]3CCCNC3)n2)cc(C)c1Br. The van der Waals surface area contributed by atoms with Gasteiger partial charge in [-0.2, -0.15) is 4.98 Å². The molecule has 2 heterocycles. The molecule has 20 heavy (non-hydrogen) atoms. The van der Waals surface area contributed by atoms with E-state index in [1.165, 1.54) is 17.5 Å². The van der Waals surface area contributed by atoms with Crippen molar-refractivity contribution in [3.63, 3.8) is 0 Å². The smallest absolute Gasteiger partial charge is 0.231 e. The van der Waals surface area contributed by atoms with E-state index in [0.717, 1.165) is 35.4 Å². The van der Waals surface area contributed by atoms with E-state index in [1.54, 1.807) is 0 Å². The van der Waals surface area contributed by atoms with Crippen molar-refractivity contribution < 1.29 is 4.52 Å². The van der Waals surface area contributed by atoms with Crippen LogP contribution in [0.2, 0.25) is 0 Å². The molecule has 5 heteroatoms. The molecular formula is C15H18BrN3O. The molecule has 3 rings (SSSR count). The number of aryl methyl sites for hydroxylation is 2. The lowest BCUT2D eigenvalue weighted by Crippen LogP contribution is -2.28. The quantitative estimate of drug-likeness (QED) is 0.911. The van der Waals surface area contributed by atoms with Gasteiger partial charge in [0.2, 0.25) is 11.7 Å². The summed E-state index contributed by atoms with van der Waals surface area (Å²) >= 11 is 3.58. The first-order valence-electron chi connectivity index (χ1n) is 6.96. The van der Waals surface area contributed by atoms with Crippen LogP contribution in [0.15, 0.2) is 21.1 Å². The highest BCUT2D eigenvalue weighted by atomic mass is 79.9. The molecule has 4 nitrogen and oxygen atoms in total.